The Morgan fingerprint density at radius 1 is 1.04 bits per heavy atom. The summed E-state index contributed by atoms with van der Waals surface area (Å²) < 4.78 is 36.6. The van der Waals surface area contributed by atoms with Crippen molar-refractivity contribution in [2.24, 2.45) is 0 Å². The number of sulfone groups is 1. The highest BCUT2D eigenvalue weighted by Gasteiger charge is 2.32. The van der Waals surface area contributed by atoms with Gasteiger partial charge < -0.3 is 14.8 Å². The van der Waals surface area contributed by atoms with E-state index >= 15 is 0 Å². The number of nitrogens with one attached hydrogen (secondary N) is 1. The van der Waals surface area contributed by atoms with Crippen LogP contribution in [0.5, 0.6) is 5.75 Å². The second kappa shape index (κ2) is 7.78. The molecule has 1 unspecified atom stereocenters. The van der Waals surface area contributed by atoms with Crippen LogP contribution in [-0.2, 0) is 14.6 Å². The first kappa shape index (κ1) is 19.8. The minimum absolute atomic E-state index is 0.101. The molecule has 2 aromatic carbocycles. The van der Waals surface area contributed by atoms with Crippen molar-refractivity contribution in [2.45, 2.75) is 36.6 Å². The Labute approximate surface area is 154 Å². The maximum absolute atomic E-state index is 13.1. The van der Waals surface area contributed by atoms with Crippen LogP contribution in [0.2, 0.25) is 0 Å². The van der Waals surface area contributed by atoms with Gasteiger partial charge in [0.2, 0.25) is 9.84 Å². The summed E-state index contributed by atoms with van der Waals surface area (Å²) in [6, 6.07) is 14.5. The van der Waals surface area contributed by atoms with Crippen molar-refractivity contribution in [1.82, 2.24) is 5.32 Å². The Morgan fingerprint density at radius 2 is 1.69 bits per heavy atom. The van der Waals surface area contributed by atoms with E-state index in [-0.39, 0.29) is 4.90 Å². The van der Waals surface area contributed by atoms with Crippen LogP contribution >= 0.6 is 0 Å². The summed E-state index contributed by atoms with van der Waals surface area (Å²) in [5, 5.41) is 1.16. The van der Waals surface area contributed by atoms with Gasteiger partial charge in [-0.15, -0.1) is 0 Å². The van der Waals surface area contributed by atoms with Crippen molar-refractivity contribution >= 4 is 15.9 Å². The molecule has 7 heteroatoms. The fourth-order valence-electron chi connectivity index (χ4n) is 2.31. The van der Waals surface area contributed by atoms with Gasteiger partial charge in [-0.25, -0.2) is 13.2 Å². The average molecular weight is 377 g/mol. The highest BCUT2D eigenvalue weighted by Crippen LogP contribution is 2.29. The van der Waals surface area contributed by atoms with Gasteiger partial charge in [-0.2, -0.15) is 0 Å². The summed E-state index contributed by atoms with van der Waals surface area (Å²) in [6.45, 7) is 5.12. The van der Waals surface area contributed by atoms with E-state index in [1.165, 1.54) is 19.2 Å². The van der Waals surface area contributed by atoms with E-state index in [1.54, 1.807) is 63.2 Å². The van der Waals surface area contributed by atoms with E-state index in [1.807, 2.05) is 0 Å². The number of amides is 1. The van der Waals surface area contributed by atoms with E-state index in [4.69, 9.17) is 9.47 Å². The van der Waals surface area contributed by atoms with Crippen LogP contribution in [0, 0.1) is 0 Å². The van der Waals surface area contributed by atoms with Gasteiger partial charge in [-0.3, -0.25) is 0 Å². The molecule has 1 amide bonds. The molecule has 1 atom stereocenters. The predicted octanol–water partition coefficient (Wildman–Crippen LogP) is 3.69. The molecular formula is C19H23NO5S. The summed E-state index contributed by atoms with van der Waals surface area (Å²) in [4.78, 5) is 12.3. The van der Waals surface area contributed by atoms with Gasteiger partial charge in [0.1, 0.15) is 11.4 Å². The van der Waals surface area contributed by atoms with Gasteiger partial charge in [-0.05, 0) is 50.6 Å². The summed E-state index contributed by atoms with van der Waals surface area (Å²) in [6.07, 6.45) is -0.815. The number of benzene rings is 2. The second-order valence-electron chi connectivity index (χ2n) is 6.66. The second-order valence-corrected chi connectivity index (χ2v) is 8.69. The van der Waals surface area contributed by atoms with Crippen molar-refractivity contribution in [3.05, 3.63) is 60.2 Å². The zero-order valence-corrected chi connectivity index (χ0v) is 16.0. The quantitative estimate of drug-likeness (QED) is 0.859. The summed E-state index contributed by atoms with van der Waals surface area (Å²) in [5.74, 6) is 0.488. The molecule has 0 aliphatic carbocycles. The minimum Gasteiger partial charge on any atom is -0.497 e. The Bertz CT molecular complexity index is 857. The molecule has 0 spiro atoms. The van der Waals surface area contributed by atoms with Crippen molar-refractivity contribution in [2.75, 3.05) is 7.11 Å². The van der Waals surface area contributed by atoms with Gasteiger partial charge >= 0.3 is 6.09 Å². The van der Waals surface area contributed by atoms with Crippen LogP contribution in [0.1, 0.15) is 31.7 Å². The lowest BCUT2D eigenvalue weighted by Crippen LogP contribution is -2.38. The molecule has 0 fully saturated rings. The van der Waals surface area contributed by atoms with Crippen LogP contribution in [-0.4, -0.2) is 27.2 Å². The highest BCUT2D eigenvalue weighted by atomic mass is 32.2. The molecule has 0 aliphatic heterocycles. The fraction of sp³-hybridized carbons (Fsp3) is 0.316. The lowest BCUT2D eigenvalue weighted by molar-refractivity contribution is 0.0519. The third-order valence-electron chi connectivity index (χ3n) is 3.43. The highest BCUT2D eigenvalue weighted by molar-refractivity contribution is 7.91. The molecule has 0 bridgehead atoms. The molecule has 0 radical (unpaired) electrons. The predicted molar refractivity (Wildman–Crippen MR) is 98.7 cm³/mol. The SMILES string of the molecule is COc1cccc(C(NC(=O)OC(C)(C)C)S(=O)(=O)c2ccccc2)c1. The molecule has 0 saturated heterocycles. The van der Waals surface area contributed by atoms with E-state index < -0.39 is 26.9 Å². The normalized spacial score (nSPS) is 12.9. The first-order valence-electron chi connectivity index (χ1n) is 8.06. The third-order valence-corrected chi connectivity index (χ3v) is 5.37. The number of carbonyl (C=O) groups excluding carboxylic acids is 1. The third kappa shape index (κ3) is 4.98. The van der Waals surface area contributed by atoms with Crippen LogP contribution in [0.15, 0.2) is 59.5 Å². The van der Waals surface area contributed by atoms with Crippen molar-refractivity contribution in [3.63, 3.8) is 0 Å². The Kier molecular flexibility index (Phi) is 5.92. The van der Waals surface area contributed by atoms with Crippen molar-refractivity contribution in [1.29, 1.82) is 0 Å². The maximum atomic E-state index is 13.1. The van der Waals surface area contributed by atoms with E-state index in [0.717, 1.165) is 0 Å². The van der Waals surface area contributed by atoms with E-state index in [0.29, 0.717) is 11.3 Å². The Hall–Kier alpha value is -2.54. The van der Waals surface area contributed by atoms with Gasteiger partial charge in [0.15, 0.2) is 5.37 Å². The number of hydrogen-bond acceptors (Lipinski definition) is 5. The smallest absolute Gasteiger partial charge is 0.408 e. The molecule has 2 aromatic rings. The summed E-state index contributed by atoms with van der Waals surface area (Å²) in [5.41, 5.74) is -0.376. The molecule has 0 aromatic heterocycles. The van der Waals surface area contributed by atoms with Crippen LogP contribution in [0.3, 0.4) is 0 Å². The van der Waals surface area contributed by atoms with Gasteiger partial charge in [0.05, 0.1) is 12.0 Å². The van der Waals surface area contributed by atoms with Gasteiger partial charge in [-0.1, -0.05) is 30.3 Å². The standard InChI is InChI=1S/C19H23NO5S/c1-19(2,3)25-18(21)20-17(14-9-8-10-15(13-14)24-4)26(22,23)16-11-6-5-7-12-16/h5-13,17H,1-4H3,(H,20,21). The topological polar surface area (TPSA) is 81.7 Å². The lowest BCUT2D eigenvalue weighted by Gasteiger charge is -2.24. The number of carbonyl (C=O) groups is 1. The monoisotopic (exact) mass is 377 g/mol. The largest absolute Gasteiger partial charge is 0.497 e. The molecule has 0 aliphatic rings. The Balaban J connectivity index is 2.46. The zero-order chi connectivity index (χ0) is 19.4. The molecule has 1 N–H and O–H groups in total. The van der Waals surface area contributed by atoms with Crippen LogP contribution in [0.4, 0.5) is 4.79 Å². The number of ether oxygens (including phenoxy) is 2. The van der Waals surface area contributed by atoms with Crippen molar-refractivity contribution < 1.29 is 22.7 Å². The maximum Gasteiger partial charge on any atom is 0.408 e. The summed E-state index contributed by atoms with van der Waals surface area (Å²) >= 11 is 0. The lowest BCUT2D eigenvalue weighted by atomic mass is 10.2. The Morgan fingerprint density at radius 3 is 2.27 bits per heavy atom. The molecule has 26 heavy (non-hydrogen) atoms. The molecule has 6 nitrogen and oxygen atoms in total. The first-order chi connectivity index (χ1) is 12.1. The van der Waals surface area contributed by atoms with E-state index in [9.17, 15) is 13.2 Å². The molecule has 140 valence electrons. The molecule has 0 heterocycles. The van der Waals surface area contributed by atoms with Crippen molar-refractivity contribution in [3.8, 4) is 5.75 Å². The number of alkyl carbamates (subject to hydrolysis) is 1. The molecular weight excluding hydrogens is 354 g/mol. The summed E-state index contributed by atoms with van der Waals surface area (Å²) in [7, 11) is -2.41. The fourth-order valence-corrected chi connectivity index (χ4v) is 3.87. The average Bonchev–Trinajstić information content (AvgIpc) is 2.59. The number of methoxy groups -OCH3 is 1. The zero-order valence-electron chi connectivity index (χ0n) is 15.2. The minimum atomic E-state index is -3.90. The molecule has 0 saturated carbocycles. The molecule has 2 rings (SSSR count). The van der Waals surface area contributed by atoms with Gasteiger partial charge in [0, 0.05) is 0 Å². The first-order valence-corrected chi connectivity index (χ1v) is 9.60. The number of rotatable bonds is 5. The number of hydrogen-bond donors (Lipinski definition) is 1. The van der Waals surface area contributed by atoms with Gasteiger partial charge in [0.25, 0.3) is 0 Å². The van der Waals surface area contributed by atoms with Crippen LogP contribution in [0.25, 0.3) is 0 Å². The van der Waals surface area contributed by atoms with Crippen LogP contribution < -0.4 is 10.1 Å². The van der Waals surface area contributed by atoms with E-state index in [2.05, 4.69) is 5.32 Å².